The maximum absolute atomic E-state index is 14.6. The van der Waals surface area contributed by atoms with Crippen LogP contribution in [-0.2, 0) is 14.8 Å². The van der Waals surface area contributed by atoms with E-state index in [1.165, 1.54) is 15.9 Å². The van der Waals surface area contributed by atoms with Gasteiger partial charge < -0.3 is 19.3 Å². The Labute approximate surface area is 315 Å². The van der Waals surface area contributed by atoms with Gasteiger partial charge in [0.1, 0.15) is 24.3 Å². The first-order valence-electron chi connectivity index (χ1n) is 18.3. The van der Waals surface area contributed by atoms with Gasteiger partial charge in [-0.05, 0) is 113 Å². The Hall–Kier alpha value is -5.49. The molecule has 8 rings (SSSR count). The largest absolute Gasteiger partial charge is 0.491 e. The van der Waals surface area contributed by atoms with Gasteiger partial charge in [-0.15, -0.1) is 0 Å². The molecule has 54 heavy (non-hydrogen) atoms. The van der Waals surface area contributed by atoms with Gasteiger partial charge in [0, 0.05) is 29.7 Å². The lowest BCUT2D eigenvalue weighted by atomic mass is 9.99. The summed E-state index contributed by atoms with van der Waals surface area (Å²) < 4.78 is 42.1. The summed E-state index contributed by atoms with van der Waals surface area (Å²) in [5.41, 5.74) is 6.29. The number of carbonyl (C=O) groups excluding carboxylic acids is 2. The third-order valence-electron chi connectivity index (χ3n) is 10.3. The van der Waals surface area contributed by atoms with Crippen molar-refractivity contribution in [2.45, 2.75) is 70.3 Å². The van der Waals surface area contributed by atoms with E-state index in [9.17, 15) is 18.0 Å². The van der Waals surface area contributed by atoms with E-state index >= 15 is 0 Å². The summed E-state index contributed by atoms with van der Waals surface area (Å²) in [6.45, 7) is 10.6. The van der Waals surface area contributed by atoms with E-state index in [2.05, 4.69) is 4.98 Å². The lowest BCUT2D eigenvalue weighted by molar-refractivity contribution is 0.0270. The Morgan fingerprint density at radius 2 is 1.72 bits per heavy atom. The van der Waals surface area contributed by atoms with Crippen LogP contribution in [0.4, 0.5) is 10.5 Å². The monoisotopic (exact) mass is 745 g/mol. The highest BCUT2D eigenvalue weighted by atomic mass is 32.2. The van der Waals surface area contributed by atoms with Crippen LogP contribution in [-0.4, -0.2) is 71.1 Å². The van der Waals surface area contributed by atoms with E-state index in [4.69, 9.17) is 14.5 Å². The maximum atomic E-state index is 14.6. The van der Waals surface area contributed by atoms with Crippen molar-refractivity contribution in [3.63, 3.8) is 0 Å². The van der Waals surface area contributed by atoms with Crippen molar-refractivity contribution in [2.75, 3.05) is 31.1 Å². The summed E-state index contributed by atoms with van der Waals surface area (Å²) in [7, 11) is -4.14. The van der Waals surface area contributed by atoms with E-state index in [0.29, 0.717) is 60.1 Å². The average Bonchev–Trinajstić information content (AvgIpc) is 3.94. The van der Waals surface area contributed by atoms with Gasteiger partial charge in [-0.2, -0.15) is 0 Å². The second-order valence-electron chi connectivity index (χ2n) is 15.3. The number of aromatic nitrogens is 3. The van der Waals surface area contributed by atoms with E-state index < -0.39 is 21.7 Å². The van der Waals surface area contributed by atoms with Crippen molar-refractivity contribution in [1.82, 2.24) is 18.8 Å². The highest BCUT2D eigenvalue weighted by molar-refractivity contribution is 7.90. The van der Waals surface area contributed by atoms with Gasteiger partial charge >= 0.3 is 6.09 Å². The number of anilines is 1. The van der Waals surface area contributed by atoms with Crippen molar-refractivity contribution in [1.29, 1.82) is 0 Å². The van der Waals surface area contributed by atoms with Crippen LogP contribution in [0.15, 0.2) is 84.0 Å². The van der Waals surface area contributed by atoms with Crippen LogP contribution >= 0.6 is 0 Å². The standard InChI is InChI=1S/C42H43N5O6S/c1-26-9-14-31(15-10-26)54(50,51)47-36(29-17-19-45(20-18-29)41(49)53-42(3,4)5)24-34-38(43-25-44-39(34)47)32-7-6-8-35(27(32)2)46-21-22-52-37-23-30(28-11-12-28)13-16-33(37)40(46)48/h6-10,13-17,23-25,28H,11-12,18-22H2,1-5H3. The first-order valence-corrected chi connectivity index (χ1v) is 19.8. The zero-order valence-electron chi connectivity index (χ0n) is 31.1. The van der Waals surface area contributed by atoms with Gasteiger partial charge in [0.05, 0.1) is 28.4 Å². The van der Waals surface area contributed by atoms with Crippen LogP contribution in [0.5, 0.6) is 5.75 Å². The molecule has 1 aliphatic carbocycles. The molecule has 0 bridgehead atoms. The Morgan fingerprint density at radius 1 is 0.944 bits per heavy atom. The normalized spacial score (nSPS) is 16.5. The fourth-order valence-corrected chi connectivity index (χ4v) is 8.78. The highest BCUT2D eigenvalue weighted by Crippen LogP contribution is 2.43. The minimum atomic E-state index is -4.14. The summed E-state index contributed by atoms with van der Waals surface area (Å²) in [6.07, 6.45) is 5.56. The topological polar surface area (TPSA) is 124 Å². The van der Waals surface area contributed by atoms with E-state index in [1.54, 1.807) is 34.1 Å². The number of hydrogen-bond donors (Lipinski definition) is 0. The van der Waals surface area contributed by atoms with Gasteiger partial charge in [-0.25, -0.2) is 27.2 Å². The van der Waals surface area contributed by atoms with Gasteiger partial charge in [-0.1, -0.05) is 42.0 Å². The number of ether oxygens (including phenoxy) is 2. The molecule has 0 radical (unpaired) electrons. The van der Waals surface area contributed by atoms with Crippen LogP contribution in [0.3, 0.4) is 0 Å². The molecule has 5 aromatic rings. The zero-order valence-corrected chi connectivity index (χ0v) is 31.9. The molecule has 3 aliphatic rings. The van der Waals surface area contributed by atoms with Crippen LogP contribution in [0, 0.1) is 13.8 Å². The molecule has 4 heterocycles. The van der Waals surface area contributed by atoms with Crippen molar-refractivity contribution in [3.05, 3.63) is 107 Å². The highest BCUT2D eigenvalue weighted by Gasteiger charge is 2.32. The number of fused-ring (bicyclic) bond motifs is 2. The molecule has 2 aliphatic heterocycles. The Bertz CT molecular complexity index is 2460. The summed E-state index contributed by atoms with van der Waals surface area (Å²) in [4.78, 5) is 39.7. The molecule has 2 aromatic heterocycles. The van der Waals surface area contributed by atoms with Crippen molar-refractivity contribution >= 4 is 44.3 Å². The second-order valence-corrected chi connectivity index (χ2v) is 17.0. The maximum Gasteiger partial charge on any atom is 0.410 e. The molecular formula is C42H43N5O6S. The fourth-order valence-electron chi connectivity index (χ4n) is 7.28. The molecule has 3 aromatic carbocycles. The van der Waals surface area contributed by atoms with Crippen molar-refractivity contribution < 1.29 is 27.5 Å². The molecule has 278 valence electrons. The van der Waals surface area contributed by atoms with Gasteiger partial charge in [0.2, 0.25) is 0 Å². The quantitative estimate of drug-likeness (QED) is 0.172. The zero-order chi connectivity index (χ0) is 37.9. The third kappa shape index (κ3) is 6.52. The number of benzene rings is 3. The van der Waals surface area contributed by atoms with Crippen molar-refractivity contribution in [2.24, 2.45) is 0 Å². The molecule has 11 nitrogen and oxygen atoms in total. The summed E-state index contributed by atoms with van der Waals surface area (Å²) in [5, 5.41) is 0.544. The number of amides is 2. The lowest BCUT2D eigenvalue weighted by Crippen LogP contribution is -2.39. The molecule has 1 fully saturated rings. The van der Waals surface area contributed by atoms with Crippen LogP contribution in [0.1, 0.15) is 78.7 Å². The average molecular weight is 746 g/mol. The fraction of sp³-hybridized carbons (Fsp3) is 0.333. The number of rotatable bonds is 6. The Morgan fingerprint density at radius 3 is 2.43 bits per heavy atom. The van der Waals surface area contributed by atoms with Gasteiger partial charge in [0.25, 0.3) is 15.9 Å². The van der Waals surface area contributed by atoms with Gasteiger partial charge in [0.15, 0.2) is 5.65 Å². The van der Waals surface area contributed by atoms with Crippen LogP contribution < -0.4 is 9.64 Å². The molecule has 2 amide bonds. The van der Waals surface area contributed by atoms with E-state index in [-0.39, 0.29) is 23.0 Å². The number of carbonyl (C=O) groups is 2. The lowest BCUT2D eigenvalue weighted by Gasteiger charge is -2.29. The first kappa shape index (κ1) is 35.5. The Balaban J connectivity index is 1.22. The van der Waals surface area contributed by atoms with E-state index in [0.717, 1.165) is 40.8 Å². The number of hydrogen-bond acceptors (Lipinski definition) is 8. The number of nitrogens with zero attached hydrogens (tertiary/aromatic N) is 5. The summed E-state index contributed by atoms with van der Waals surface area (Å²) in [5.74, 6) is 1.02. The smallest absolute Gasteiger partial charge is 0.410 e. The molecule has 0 spiro atoms. The first-order chi connectivity index (χ1) is 25.8. The molecule has 1 saturated carbocycles. The predicted octanol–water partition coefficient (Wildman–Crippen LogP) is 7.89. The van der Waals surface area contributed by atoms with Gasteiger partial charge in [-0.3, -0.25) is 4.79 Å². The minimum Gasteiger partial charge on any atom is -0.491 e. The predicted molar refractivity (Wildman–Crippen MR) is 207 cm³/mol. The second kappa shape index (κ2) is 13.4. The molecule has 12 heteroatoms. The molecular weight excluding hydrogens is 703 g/mol. The molecule has 0 atom stereocenters. The summed E-state index contributed by atoms with van der Waals surface area (Å²) in [6, 6.07) is 20.2. The molecule has 0 saturated heterocycles. The summed E-state index contributed by atoms with van der Waals surface area (Å²) >= 11 is 0. The van der Waals surface area contributed by atoms with Crippen molar-refractivity contribution in [3.8, 4) is 17.0 Å². The Kier molecular flexibility index (Phi) is 8.83. The molecule has 0 N–H and O–H groups in total. The van der Waals surface area contributed by atoms with Crippen LogP contribution in [0.25, 0.3) is 27.9 Å². The number of aryl methyl sites for hydroxylation is 1. The SMILES string of the molecule is Cc1ccc(S(=O)(=O)n2c(C3=CCN(C(=O)OC(C)(C)C)CC3)cc3c(-c4cccc(N5CCOc6cc(C7CC7)ccc6C5=O)c4C)ncnc32)cc1. The molecule has 0 unspecified atom stereocenters. The minimum absolute atomic E-state index is 0.128. The van der Waals surface area contributed by atoms with Crippen LogP contribution in [0.2, 0.25) is 0 Å². The third-order valence-corrected chi connectivity index (χ3v) is 12.0. The van der Waals surface area contributed by atoms with E-state index in [1.807, 2.05) is 83.2 Å².